The summed E-state index contributed by atoms with van der Waals surface area (Å²) < 4.78 is 16.2. The average Bonchev–Trinajstić information content (AvgIpc) is 2.70. The molecule has 0 atom stereocenters. The fraction of sp³-hybridized carbons (Fsp3) is 0.364. The Morgan fingerprint density at radius 3 is 2.14 bits per heavy atom. The predicted molar refractivity (Wildman–Crippen MR) is 108 cm³/mol. The number of amides is 1. The van der Waals surface area contributed by atoms with Gasteiger partial charge in [0.25, 0.3) is 5.91 Å². The third-order valence-corrected chi connectivity index (χ3v) is 3.92. The highest BCUT2D eigenvalue weighted by atomic mass is 16.5. The zero-order valence-electron chi connectivity index (χ0n) is 16.6. The second-order valence-electron chi connectivity index (χ2n) is 6.05. The molecule has 2 aromatic rings. The third-order valence-electron chi connectivity index (χ3n) is 3.92. The Hall–Kier alpha value is -3.02. The third kappa shape index (κ3) is 6.01. The summed E-state index contributed by atoms with van der Waals surface area (Å²) in [6.07, 6.45) is 1.81. The van der Waals surface area contributed by atoms with Gasteiger partial charge in [-0.1, -0.05) is 13.3 Å². The first-order valence-corrected chi connectivity index (χ1v) is 9.57. The molecule has 0 saturated heterocycles. The zero-order valence-corrected chi connectivity index (χ0v) is 16.6. The van der Waals surface area contributed by atoms with Gasteiger partial charge in [-0.25, -0.2) is 4.79 Å². The van der Waals surface area contributed by atoms with Crippen molar-refractivity contribution in [2.24, 2.45) is 0 Å². The lowest BCUT2D eigenvalue weighted by Gasteiger charge is -2.12. The van der Waals surface area contributed by atoms with Crippen molar-refractivity contribution in [3.63, 3.8) is 0 Å². The standard InChI is InChI=1S/C22H27NO5/c1-4-7-14-28-22(25)16-8-11-18(12-9-16)23-21(24)17-10-13-19(26-5-2)20(15-17)27-6-3/h8-13,15H,4-7,14H2,1-3H3,(H,23,24). The van der Waals surface area contributed by atoms with E-state index in [-0.39, 0.29) is 11.9 Å². The summed E-state index contributed by atoms with van der Waals surface area (Å²) >= 11 is 0. The average molecular weight is 385 g/mol. The summed E-state index contributed by atoms with van der Waals surface area (Å²) in [6.45, 7) is 7.19. The zero-order chi connectivity index (χ0) is 20.4. The minimum Gasteiger partial charge on any atom is -0.490 e. The maximum absolute atomic E-state index is 12.5. The molecule has 0 aliphatic heterocycles. The van der Waals surface area contributed by atoms with E-state index >= 15 is 0 Å². The van der Waals surface area contributed by atoms with Crippen molar-refractivity contribution in [3.05, 3.63) is 53.6 Å². The fourth-order valence-electron chi connectivity index (χ4n) is 2.48. The Morgan fingerprint density at radius 1 is 0.857 bits per heavy atom. The Morgan fingerprint density at radius 2 is 1.50 bits per heavy atom. The van der Waals surface area contributed by atoms with E-state index in [4.69, 9.17) is 14.2 Å². The summed E-state index contributed by atoms with van der Waals surface area (Å²) in [7, 11) is 0. The van der Waals surface area contributed by atoms with Crippen LogP contribution in [0.15, 0.2) is 42.5 Å². The largest absolute Gasteiger partial charge is 0.490 e. The second-order valence-corrected chi connectivity index (χ2v) is 6.05. The van der Waals surface area contributed by atoms with Crippen molar-refractivity contribution in [1.82, 2.24) is 0 Å². The number of rotatable bonds is 10. The monoisotopic (exact) mass is 385 g/mol. The Balaban J connectivity index is 2.04. The summed E-state index contributed by atoms with van der Waals surface area (Å²) in [5.41, 5.74) is 1.49. The van der Waals surface area contributed by atoms with Crippen LogP contribution in [0.1, 0.15) is 54.3 Å². The van der Waals surface area contributed by atoms with Crippen LogP contribution in [0, 0.1) is 0 Å². The molecule has 0 spiro atoms. The van der Waals surface area contributed by atoms with E-state index < -0.39 is 0 Å². The van der Waals surface area contributed by atoms with Crippen LogP contribution in [0.3, 0.4) is 0 Å². The van der Waals surface area contributed by atoms with Crippen LogP contribution in [-0.2, 0) is 4.74 Å². The number of carbonyl (C=O) groups excluding carboxylic acids is 2. The molecule has 0 aliphatic carbocycles. The highest BCUT2D eigenvalue weighted by Crippen LogP contribution is 2.29. The van der Waals surface area contributed by atoms with E-state index in [1.807, 2.05) is 20.8 Å². The van der Waals surface area contributed by atoms with Crippen LogP contribution in [0.25, 0.3) is 0 Å². The maximum atomic E-state index is 12.5. The van der Waals surface area contributed by atoms with Crippen molar-refractivity contribution in [2.45, 2.75) is 33.6 Å². The van der Waals surface area contributed by atoms with Gasteiger partial charge < -0.3 is 19.5 Å². The predicted octanol–water partition coefficient (Wildman–Crippen LogP) is 4.69. The molecular formula is C22H27NO5. The lowest BCUT2D eigenvalue weighted by atomic mass is 10.1. The Bertz CT molecular complexity index is 786. The summed E-state index contributed by atoms with van der Waals surface area (Å²) in [5.74, 6) is 0.496. The maximum Gasteiger partial charge on any atom is 0.338 e. The molecule has 6 heteroatoms. The number of hydrogen-bond donors (Lipinski definition) is 1. The summed E-state index contributed by atoms with van der Waals surface area (Å²) in [5, 5.41) is 2.81. The molecular weight excluding hydrogens is 358 g/mol. The molecule has 2 rings (SSSR count). The molecule has 0 fully saturated rings. The minimum atomic E-state index is -0.362. The minimum absolute atomic E-state index is 0.276. The van der Waals surface area contributed by atoms with E-state index in [0.29, 0.717) is 48.1 Å². The van der Waals surface area contributed by atoms with Crippen LogP contribution in [0.5, 0.6) is 11.5 Å². The van der Waals surface area contributed by atoms with Gasteiger partial charge in [0.2, 0.25) is 0 Å². The molecule has 1 amide bonds. The molecule has 0 bridgehead atoms. The smallest absolute Gasteiger partial charge is 0.338 e. The quantitative estimate of drug-likeness (QED) is 0.474. The first-order chi connectivity index (χ1) is 13.6. The lowest BCUT2D eigenvalue weighted by Crippen LogP contribution is -2.13. The van der Waals surface area contributed by atoms with Crippen molar-refractivity contribution < 1.29 is 23.8 Å². The molecule has 0 aromatic heterocycles. The number of unbranched alkanes of at least 4 members (excludes halogenated alkanes) is 1. The van der Waals surface area contributed by atoms with Gasteiger partial charge in [0.15, 0.2) is 11.5 Å². The molecule has 0 saturated carbocycles. The molecule has 28 heavy (non-hydrogen) atoms. The number of benzene rings is 2. The van der Waals surface area contributed by atoms with Gasteiger partial charge in [-0.2, -0.15) is 0 Å². The van der Waals surface area contributed by atoms with Crippen molar-refractivity contribution in [2.75, 3.05) is 25.1 Å². The molecule has 150 valence electrons. The van der Waals surface area contributed by atoms with E-state index in [0.717, 1.165) is 12.8 Å². The highest BCUT2D eigenvalue weighted by molar-refractivity contribution is 6.04. The molecule has 0 heterocycles. The van der Waals surface area contributed by atoms with Crippen LogP contribution >= 0.6 is 0 Å². The van der Waals surface area contributed by atoms with E-state index in [1.165, 1.54) is 0 Å². The number of anilines is 1. The summed E-state index contributed by atoms with van der Waals surface area (Å²) in [6, 6.07) is 11.7. The fourth-order valence-corrected chi connectivity index (χ4v) is 2.48. The SMILES string of the molecule is CCCCOC(=O)c1ccc(NC(=O)c2ccc(OCC)c(OCC)c2)cc1. The van der Waals surface area contributed by atoms with Gasteiger partial charge in [-0.3, -0.25) is 4.79 Å². The number of ether oxygens (including phenoxy) is 3. The van der Waals surface area contributed by atoms with Crippen LogP contribution in [0.2, 0.25) is 0 Å². The number of esters is 1. The van der Waals surface area contributed by atoms with Crippen molar-refractivity contribution in [3.8, 4) is 11.5 Å². The van der Waals surface area contributed by atoms with Crippen LogP contribution in [0.4, 0.5) is 5.69 Å². The van der Waals surface area contributed by atoms with E-state index in [1.54, 1.807) is 42.5 Å². The van der Waals surface area contributed by atoms with Gasteiger partial charge in [0.05, 0.1) is 25.4 Å². The number of nitrogens with one attached hydrogen (secondary N) is 1. The Labute approximate surface area is 165 Å². The van der Waals surface area contributed by atoms with Gasteiger partial charge in [-0.05, 0) is 62.7 Å². The number of carbonyl (C=O) groups is 2. The van der Waals surface area contributed by atoms with Crippen LogP contribution < -0.4 is 14.8 Å². The van der Waals surface area contributed by atoms with Gasteiger partial charge >= 0.3 is 5.97 Å². The van der Waals surface area contributed by atoms with E-state index in [9.17, 15) is 9.59 Å². The highest BCUT2D eigenvalue weighted by Gasteiger charge is 2.13. The van der Waals surface area contributed by atoms with Gasteiger partial charge in [0, 0.05) is 11.3 Å². The summed E-state index contributed by atoms with van der Waals surface area (Å²) in [4.78, 5) is 24.5. The molecule has 6 nitrogen and oxygen atoms in total. The lowest BCUT2D eigenvalue weighted by molar-refractivity contribution is 0.0499. The molecule has 0 aliphatic rings. The van der Waals surface area contributed by atoms with Crippen molar-refractivity contribution >= 4 is 17.6 Å². The molecule has 0 unspecified atom stereocenters. The number of hydrogen-bond acceptors (Lipinski definition) is 5. The second kappa shape index (κ2) is 11.0. The van der Waals surface area contributed by atoms with Crippen LogP contribution in [-0.4, -0.2) is 31.7 Å². The Kier molecular flexibility index (Phi) is 8.34. The molecule has 1 N–H and O–H groups in total. The topological polar surface area (TPSA) is 73.9 Å². The van der Waals surface area contributed by atoms with Gasteiger partial charge in [0.1, 0.15) is 0 Å². The first kappa shape index (κ1) is 21.3. The molecule has 0 radical (unpaired) electrons. The normalized spacial score (nSPS) is 10.2. The van der Waals surface area contributed by atoms with Gasteiger partial charge in [-0.15, -0.1) is 0 Å². The first-order valence-electron chi connectivity index (χ1n) is 9.57. The van der Waals surface area contributed by atoms with Crippen molar-refractivity contribution in [1.29, 1.82) is 0 Å². The van der Waals surface area contributed by atoms with E-state index in [2.05, 4.69) is 5.32 Å². The molecule has 2 aromatic carbocycles.